The molecular formula is C19H27NO2Si. The van der Waals surface area contributed by atoms with Gasteiger partial charge >= 0.3 is 0 Å². The van der Waals surface area contributed by atoms with Crippen molar-refractivity contribution in [2.45, 2.75) is 38.9 Å². The van der Waals surface area contributed by atoms with E-state index in [-0.39, 0.29) is 5.04 Å². The van der Waals surface area contributed by atoms with Gasteiger partial charge in [-0.25, -0.2) is 0 Å². The van der Waals surface area contributed by atoms with Crippen LogP contribution in [0.25, 0.3) is 0 Å². The highest BCUT2D eigenvalue weighted by atomic mass is 28.4. The van der Waals surface area contributed by atoms with Gasteiger partial charge in [0.15, 0.2) is 0 Å². The van der Waals surface area contributed by atoms with Crippen molar-refractivity contribution in [3.8, 4) is 11.5 Å². The lowest BCUT2D eigenvalue weighted by Crippen LogP contribution is -2.43. The molecule has 0 radical (unpaired) electrons. The fourth-order valence-corrected chi connectivity index (χ4v) is 2.95. The molecule has 0 spiro atoms. The third-order valence-electron chi connectivity index (χ3n) is 4.39. The molecule has 0 aliphatic carbocycles. The van der Waals surface area contributed by atoms with Gasteiger partial charge in [-0.15, -0.1) is 0 Å². The maximum atomic E-state index is 6.30. The van der Waals surface area contributed by atoms with Crippen molar-refractivity contribution in [1.29, 1.82) is 0 Å². The summed E-state index contributed by atoms with van der Waals surface area (Å²) in [5, 5.41) is 3.57. The molecule has 0 unspecified atom stereocenters. The molecule has 0 saturated heterocycles. The predicted octanol–water partition coefficient (Wildman–Crippen LogP) is 5.82. The van der Waals surface area contributed by atoms with Crippen LogP contribution in [0, 0.1) is 0 Å². The molecule has 0 atom stereocenters. The van der Waals surface area contributed by atoms with Crippen LogP contribution in [-0.2, 0) is 0 Å². The molecule has 0 amide bonds. The van der Waals surface area contributed by atoms with E-state index in [1.807, 2.05) is 48.5 Å². The van der Waals surface area contributed by atoms with Gasteiger partial charge in [-0.3, -0.25) is 0 Å². The van der Waals surface area contributed by atoms with E-state index in [1.165, 1.54) is 0 Å². The second kappa shape index (κ2) is 6.67. The topological polar surface area (TPSA) is 30.5 Å². The molecule has 0 aliphatic heterocycles. The van der Waals surface area contributed by atoms with Crippen LogP contribution in [0.15, 0.2) is 48.5 Å². The van der Waals surface area contributed by atoms with Crippen LogP contribution in [0.1, 0.15) is 20.8 Å². The molecule has 0 fully saturated rings. The van der Waals surface area contributed by atoms with E-state index in [4.69, 9.17) is 9.16 Å². The normalized spacial score (nSPS) is 11.9. The molecule has 3 nitrogen and oxygen atoms in total. The maximum absolute atomic E-state index is 6.30. The fourth-order valence-electron chi connectivity index (χ4n) is 1.92. The van der Waals surface area contributed by atoms with Gasteiger partial charge in [0.1, 0.15) is 11.5 Å². The van der Waals surface area contributed by atoms with E-state index >= 15 is 0 Å². The Labute approximate surface area is 140 Å². The van der Waals surface area contributed by atoms with Crippen molar-refractivity contribution in [2.75, 3.05) is 12.4 Å². The van der Waals surface area contributed by atoms with Crippen molar-refractivity contribution >= 4 is 19.7 Å². The van der Waals surface area contributed by atoms with E-state index in [9.17, 15) is 0 Å². The molecule has 0 saturated carbocycles. The molecule has 0 bridgehead atoms. The minimum atomic E-state index is -1.79. The molecular weight excluding hydrogens is 302 g/mol. The molecule has 0 aromatic heterocycles. The SMILES string of the molecule is COc1cccc(Nc2ccc(O[Si](C)(C)C(C)(C)C)cc2)c1. The van der Waals surface area contributed by atoms with Crippen molar-refractivity contribution < 1.29 is 9.16 Å². The summed E-state index contributed by atoms with van der Waals surface area (Å²) in [4.78, 5) is 0. The van der Waals surface area contributed by atoms with Crippen LogP contribution >= 0.6 is 0 Å². The average Bonchev–Trinajstić information content (AvgIpc) is 2.48. The highest BCUT2D eigenvalue weighted by Gasteiger charge is 2.38. The van der Waals surface area contributed by atoms with Gasteiger partial charge < -0.3 is 14.5 Å². The zero-order chi connectivity index (χ0) is 17.1. The van der Waals surface area contributed by atoms with Crippen LogP contribution in [0.3, 0.4) is 0 Å². The molecule has 4 heteroatoms. The Balaban J connectivity index is 2.07. The van der Waals surface area contributed by atoms with E-state index < -0.39 is 8.32 Å². The summed E-state index contributed by atoms with van der Waals surface area (Å²) in [6.07, 6.45) is 0. The Hall–Kier alpha value is -1.94. The Bertz CT molecular complexity index is 645. The molecule has 2 aromatic rings. The minimum Gasteiger partial charge on any atom is -0.544 e. The highest BCUT2D eigenvalue weighted by molar-refractivity contribution is 6.74. The van der Waals surface area contributed by atoms with Crippen molar-refractivity contribution in [1.82, 2.24) is 0 Å². The predicted molar refractivity (Wildman–Crippen MR) is 101 cm³/mol. The van der Waals surface area contributed by atoms with Gasteiger partial charge in [0.05, 0.1) is 7.11 Å². The Morgan fingerprint density at radius 1 is 0.870 bits per heavy atom. The third-order valence-corrected chi connectivity index (χ3v) is 8.75. The number of rotatable bonds is 5. The Morgan fingerprint density at radius 3 is 2.09 bits per heavy atom. The van der Waals surface area contributed by atoms with E-state index in [2.05, 4.69) is 39.2 Å². The van der Waals surface area contributed by atoms with E-state index in [1.54, 1.807) is 7.11 Å². The summed E-state index contributed by atoms with van der Waals surface area (Å²) >= 11 is 0. The summed E-state index contributed by atoms with van der Waals surface area (Å²) in [5.74, 6) is 1.78. The molecule has 23 heavy (non-hydrogen) atoms. The largest absolute Gasteiger partial charge is 0.544 e. The molecule has 1 N–H and O–H groups in total. The maximum Gasteiger partial charge on any atom is 0.250 e. The lowest BCUT2D eigenvalue weighted by Gasteiger charge is -2.36. The van der Waals surface area contributed by atoms with Crippen LogP contribution in [0.5, 0.6) is 11.5 Å². The molecule has 2 aromatic carbocycles. The van der Waals surface area contributed by atoms with Crippen molar-refractivity contribution in [2.24, 2.45) is 0 Å². The van der Waals surface area contributed by atoms with Crippen LogP contribution < -0.4 is 14.5 Å². The second-order valence-corrected chi connectivity index (χ2v) is 12.0. The standard InChI is InChI=1S/C19H27NO2Si/c1-19(2,3)23(5,6)22-17-12-10-15(11-13-17)20-16-8-7-9-18(14-16)21-4/h7-14,20H,1-6H3. The summed E-state index contributed by atoms with van der Waals surface area (Å²) in [7, 11) is -0.114. The van der Waals surface area contributed by atoms with Gasteiger partial charge in [0, 0.05) is 17.4 Å². The summed E-state index contributed by atoms with van der Waals surface area (Å²) in [5.41, 5.74) is 2.03. The number of ether oxygens (including phenoxy) is 1. The number of benzene rings is 2. The summed E-state index contributed by atoms with van der Waals surface area (Å²) in [6, 6.07) is 16.0. The summed E-state index contributed by atoms with van der Waals surface area (Å²) < 4.78 is 11.5. The second-order valence-electron chi connectivity index (χ2n) is 7.24. The van der Waals surface area contributed by atoms with Crippen molar-refractivity contribution in [3.05, 3.63) is 48.5 Å². The Morgan fingerprint density at radius 2 is 1.52 bits per heavy atom. The zero-order valence-corrected chi connectivity index (χ0v) is 15.9. The van der Waals surface area contributed by atoms with Crippen LogP contribution in [-0.4, -0.2) is 15.4 Å². The molecule has 0 aliphatic rings. The molecule has 0 heterocycles. The fraction of sp³-hybridized carbons (Fsp3) is 0.368. The monoisotopic (exact) mass is 329 g/mol. The first-order chi connectivity index (χ1) is 10.7. The zero-order valence-electron chi connectivity index (χ0n) is 14.9. The number of methoxy groups -OCH3 is 1. The summed E-state index contributed by atoms with van der Waals surface area (Å²) in [6.45, 7) is 11.3. The van der Waals surface area contributed by atoms with Gasteiger partial charge in [-0.05, 0) is 54.5 Å². The van der Waals surface area contributed by atoms with Gasteiger partial charge in [0.25, 0.3) is 0 Å². The van der Waals surface area contributed by atoms with Crippen molar-refractivity contribution in [3.63, 3.8) is 0 Å². The smallest absolute Gasteiger partial charge is 0.250 e. The number of hydrogen-bond donors (Lipinski definition) is 1. The van der Waals surface area contributed by atoms with Gasteiger partial charge in [-0.2, -0.15) is 0 Å². The first kappa shape index (κ1) is 17.4. The van der Waals surface area contributed by atoms with Crippen LogP contribution in [0.4, 0.5) is 11.4 Å². The first-order valence-corrected chi connectivity index (χ1v) is 10.8. The van der Waals surface area contributed by atoms with Crippen LogP contribution in [0.2, 0.25) is 18.1 Å². The number of hydrogen-bond acceptors (Lipinski definition) is 3. The van der Waals surface area contributed by atoms with Gasteiger partial charge in [0.2, 0.25) is 8.32 Å². The molecule has 124 valence electrons. The van der Waals surface area contributed by atoms with Gasteiger partial charge in [-0.1, -0.05) is 26.8 Å². The average molecular weight is 330 g/mol. The van der Waals surface area contributed by atoms with E-state index in [0.29, 0.717) is 0 Å². The third kappa shape index (κ3) is 4.52. The Kier molecular flexibility index (Phi) is 5.05. The lowest BCUT2D eigenvalue weighted by molar-refractivity contribution is 0.415. The number of nitrogens with one attached hydrogen (secondary N) is 1. The molecule has 2 rings (SSSR count). The van der Waals surface area contributed by atoms with E-state index in [0.717, 1.165) is 22.9 Å². The minimum absolute atomic E-state index is 0.199. The lowest BCUT2D eigenvalue weighted by atomic mass is 10.2. The number of anilines is 2. The quantitative estimate of drug-likeness (QED) is 0.701. The first-order valence-electron chi connectivity index (χ1n) is 7.91. The highest BCUT2D eigenvalue weighted by Crippen LogP contribution is 2.37.